The predicted molar refractivity (Wildman–Crippen MR) is 61.4 cm³/mol. The van der Waals surface area contributed by atoms with Gasteiger partial charge in [0.1, 0.15) is 5.76 Å². The minimum atomic E-state index is -0.245. The minimum Gasteiger partial charge on any atom is -0.445 e. The molecule has 5 nitrogen and oxygen atoms in total. The zero-order valence-corrected chi connectivity index (χ0v) is 9.73. The first kappa shape index (κ1) is 11.3. The molecule has 2 heterocycles. The van der Waals surface area contributed by atoms with Crippen molar-refractivity contribution in [2.45, 2.75) is 20.4 Å². The van der Waals surface area contributed by atoms with Crippen molar-refractivity contribution in [3.8, 4) is 0 Å². The molecule has 0 spiro atoms. The number of pyridine rings is 1. The van der Waals surface area contributed by atoms with Gasteiger partial charge in [-0.25, -0.2) is 4.98 Å². The average Bonchev–Trinajstić information content (AvgIpc) is 2.67. The lowest BCUT2D eigenvalue weighted by molar-refractivity contribution is 0.0944. The standard InChI is InChI=1S/C12H13N3O2/c1-8-11(15-9(2)17-8)12(16)14-7-10-5-3-4-6-13-10/h3-6H,7H2,1-2H3,(H,14,16). The Kier molecular flexibility index (Phi) is 3.18. The zero-order valence-electron chi connectivity index (χ0n) is 9.73. The SMILES string of the molecule is Cc1nc(C(=O)NCc2ccccn2)c(C)o1. The fourth-order valence-corrected chi connectivity index (χ4v) is 1.50. The molecule has 0 atom stereocenters. The predicted octanol–water partition coefficient (Wildman–Crippen LogP) is 1.62. The Bertz CT molecular complexity index is 520. The van der Waals surface area contributed by atoms with E-state index < -0.39 is 0 Å². The van der Waals surface area contributed by atoms with Crippen LogP contribution in [0.2, 0.25) is 0 Å². The third-order valence-corrected chi connectivity index (χ3v) is 2.27. The summed E-state index contributed by atoms with van der Waals surface area (Å²) in [5.41, 5.74) is 1.14. The van der Waals surface area contributed by atoms with Gasteiger partial charge in [-0.05, 0) is 19.1 Å². The van der Waals surface area contributed by atoms with E-state index >= 15 is 0 Å². The summed E-state index contributed by atoms with van der Waals surface area (Å²) in [6, 6.07) is 5.55. The van der Waals surface area contributed by atoms with E-state index in [4.69, 9.17) is 4.42 Å². The van der Waals surface area contributed by atoms with Crippen LogP contribution in [0.3, 0.4) is 0 Å². The van der Waals surface area contributed by atoms with E-state index in [1.165, 1.54) is 0 Å². The lowest BCUT2D eigenvalue weighted by atomic mass is 10.3. The molecular weight excluding hydrogens is 218 g/mol. The van der Waals surface area contributed by atoms with Gasteiger partial charge in [-0.1, -0.05) is 6.07 Å². The molecule has 2 rings (SSSR count). The Labute approximate surface area is 98.9 Å². The van der Waals surface area contributed by atoms with Gasteiger partial charge in [0.15, 0.2) is 11.6 Å². The molecule has 0 saturated carbocycles. The molecule has 2 aromatic heterocycles. The summed E-state index contributed by atoms with van der Waals surface area (Å²) in [5, 5.41) is 2.75. The van der Waals surface area contributed by atoms with Crippen molar-refractivity contribution in [2.24, 2.45) is 0 Å². The van der Waals surface area contributed by atoms with Crippen molar-refractivity contribution in [1.82, 2.24) is 15.3 Å². The van der Waals surface area contributed by atoms with Gasteiger partial charge in [-0.3, -0.25) is 9.78 Å². The van der Waals surface area contributed by atoms with Crippen molar-refractivity contribution < 1.29 is 9.21 Å². The lowest BCUT2D eigenvalue weighted by Crippen LogP contribution is -2.24. The largest absolute Gasteiger partial charge is 0.445 e. The second-order valence-corrected chi connectivity index (χ2v) is 3.64. The maximum atomic E-state index is 11.8. The Morgan fingerprint density at radius 2 is 2.24 bits per heavy atom. The molecule has 0 aliphatic rings. The fourth-order valence-electron chi connectivity index (χ4n) is 1.50. The van der Waals surface area contributed by atoms with E-state index in [1.807, 2.05) is 18.2 Å². The van der Waals surface area contributed by atoms with Crippen LogP contribution in [-0.2, 0) is 6.54 Å². The average molecular weight is 231 g/mol. The van der Waals surface area contributed by atoms with Gasteiger partial charge in [-0.2, -0.15) is 0 Å². The molecule has 5 heteroatoms. The highest BCUT2D eigenvalue weighted by atomic mass is 16.4. The highest BCUT2D eigenvalue weighted by Crippen LogP contribution is 2.08. The summed E-state index contributed by atoms with van der Waals surface area (Å²) in [6.07, 6.45) is 1.69. The smallest absolute Gasteiger partial charge is 0.273 e. The highest BCUT2D eigenvalue weighted by molar-refractivity contribution is 5.93. The van der Waals surface area contributed by atoms with Crippen molar-refractivity contribution in [2.75, 3.05) is 0 Å². The molecule has 0 fully saturated rings. The Hall–Kier alpha value is -2.17. The quantitative estimate of drug-likeness (QED) is 0.871. The first-order valence-corrected chi connectivity index (χ1v) is 5.29. The van der Waals surface area contributed by atoms with Gasteiger partial charge in [0.25, 0.3) is 5.91 Å². The van der Waals surface area contributed by atoms with Gasteiger partial charge >= 0.3 is 0 Å². The number of carbonyl (C=O) groups excluding carboxylic acids is 1. The van der Waals surface area contributed by atoms with Crippen molar-refractivity contribution >= 4 is 5.91 Å². The molecule has 1 N–H and O–H groups in total. The van der Waals surface area contributed by atoms with Gasteiger partial charge in [0.2, 0.25) is 0 Å². The molecule has 0 aliphatic heterocycles. The Morgan fingerprint density at radius 1 is 1.41 bits per heavy atom. The van der Waals surface area contributed by atoms with Crippen LogP contribution in [-0.4, -0.2) is 15.9 Å². The summed E-state index contributed by atoms with van der Waals surface area (Å²) in [5.74, 6) is 0.775. The third-order valence-electron chi connectivity index (χ3n) is 2.27. The minimum absolute atomic E-state index is 0.245. The monoisotopic (exact) mass is 231 g/mol. The van der Waals surface area contributed by atoms with E-state index in [0.717, 1.165) is 5.69 Å². The van der Waals surface area contributed by atoms with Crippen molar-refractivity contribution in [3.63, 3.8) is 0 Å². The molecule has 0 aliphatic carbocycles. The van der Waals surface area contributed by atoms with E-state index in [0.29, 0.717) is 23.9 Å². The van der Waals surface area contributed by atoms with E-state index in [1.54, 1.807) is 20.0 Å². The Balaban J connectivity index is 2.01. The van der Waals surface area contributed by atoms with Crippen molar-refractivity contribution in [1.29, 1.82) is 0 Å². The Morgan fingerprint density at radius 3 is 2.82 bits per heavy atom. The number of rotatable bonds is 3. The maximum absolute atomic E-state index is 11.8. The number of oxazole rings is 1. The summed E-state index contributed by atoms with van der Waals surface area (Å²) in [7, 11) is 0. The highest BCUT2D eigenvalue weighted by Gasteiger charge is 2.14. The zero-order chi connectivity index (χ0) is 12.3. The number of nitrogens with one attached hydrogen (secondary N) is 1. The van der Waals surface area contributed by atoms with Gasteiger partial charge in [0.05, 0.1) is 12.2 Å². The number of nitrogens with zero attached hydrogens (tertiary/aromatic N) is 2. The van der Waals surface area contributed by atoms with E-state index in [9.17, 15) is 4.79 Å². The first-order valence-electron chi connectivity index (χ1n) is 5.29. The summed E-state index contributed by atoms with van der Waals surface area (Å²) in [6.45, 7) is 3.81. The van der Waals surface area contributed by atoms with Crippen LogP contribution in [0, 0.1) is 13.8 Å². The molecule has 1 amide bonds. The first-order chi connectivity index (χ1) is 8.16. The van der Waals surface area contributed by atoms with Crippen molar-refractivity contribution in [3.05, 3.63) is 47.4 Å². The number of hydrogen-bond acceptors (Lipinski definition) is 4. The molecule has 17 heavy (non-hydrogen) atoms. The van der Waals surface area contributed by atoms with E-state index in [-0.39, 0.29) is 5.91 Å². The second-order valence-electron chi connectivity index (χ2n) is 3.64. The normalized spacial score (nSPS) is 10.2. The lowest BCUT2D eigenvalue weighted by Gasteiger charge is -2.02. The van der Waals surface area contributed by atoms with E-state index in [2.05, 4.69) is 15.3 Å². The van der Waals surface area contributed by atoms with Gasteiger partial charge in [0, 0.05) is 13.1 Å². The van der Waals surface area contributed by atoms with Crippen LogP contribution >= 0.6 is 0 Å². The van der Waals surface area contributed by atoms with Crippen LogP contribution in [0.4, 0.5) is 0 Å². The maximum Gasteiger partial charge on any atom is 0.273 e. The van der Waals surface area contributed by atoms with Crippen LogP contribution in [0.25, 0.3) is 0 Å². The van der Waals surface area contributed by atoms with Crippen LogP contribution < -0.4 is 5.32 Å². The van der Waals surface area contributed by atoms with Crippen LogP contribution in [0.1, 0.15) is 27.8 Å². The number of carbonyl (C=O) groups is 1. The summed E-state index contributed by atoms with van der Waals surface area (Å²) >= 11 is 0. The van der Waals surface area contributed by atoms with Gasteiger partial charge in [-0.15, -0.1) is 0 Å². The molecule has 2 aromatic rings. The van der Waals surface area contributed by atoms with Crippen LogP contribution in [0.5, 0.6) is 0 Å². The molecule has 0 aromatic carbocycles. The number of amides is 1. The van der Waals surface area contributed by atoms with Crippen LogP contribution in [0.15, 0.2) is 28.8 Å². The molecule has 0 radical (unpaired) electrons. The molecule has 0 bridgehead atoms. The molecule has 88 valence electrons. The summed E-state index contributed by atoms with van der Waals surface area (Å²) < 4.78 is 5.20. The second kappa shape index (κ2) is 4.78. The number of aryl methyl sites for hydroxylation is 2. The molecule has 0 unspecified atom stereocenters. The number of aromatic nitrogens is 2. The summed E-state index contributed by atoms with van der Waals surface area (Å²) in [4.78, 5) is 19.9. The third kappa shape index (κ3) is 2.69. The molecule has 0 saturated heterocycles. The van der Waals surface area contributed by atoms with Gasteiger partial charge < -0.3 is 9.73 Å². The fraction of sp³-hybridized carbons (Fsp3) is 0.250. The molecular formula is C12H13N3O2. The topological polar surface area (TPSA) is 68.0 Å². The number of hydrogen-bond donors (Lipinski definition) is 1.